The van der Waals surface area contributed by atoms with E-state index in [0.717, 1.165) is 0 Å². The minimum absolute atomic E-state index is 0.136. The molecule has 1 aromatic carbocycles. The molecule has 64 valence electrons. The molecule has 0 heterocycles. The van der Waals surface area contributed by atoms with Crippen molar-refractivity contribution in [3.05, 3.63) is 29.8 Å². The maximum absolute atomic E-state index is 10.4. The van der Waals surface area contributed by atoms with E-state index in [-0.39, 0.29) is 5.75 Å². The van der Waals surface area contributed by atoms with Crippen LogP contribution in [0.1, 0.15) is 11.7 Å². The average molecular weight is 166 g/mol. The molecule has 0 aliphatic rings. The van der Waals surface area contributed by atoms with Crippen LogP contribution in [0.25, 0.3) is 0 Å². The van der Waals surface area contributed by atoms with Gasteiger partial charge in [0.05, 0.1) is 0 Å². The van der Waals surface area contributed by atoms with Gasteiger partial charge >= 0.3 is 0 Å². The van der Waals surface area contributed by atoms with Gasteiger partial charge in [-0.3, -0.25) is 0 Å². The number of rotatable bonds is 3. The number of methoxy groups -OCH3 is 1. The molecule has 3 nitrogen and oxygen atoms in total. The molecule has 1 aromatic rings. The SMILES string of the molecule is COC(C=O)c1cccc(O)c1. The van der Waals surface area contributed by atoms with E-state index >= 15 is 0 Å². The largest absolute Gasteiger partial charge is 0.508 e. The molecule has 12 heavy (non-hydrogen) atoms. The number of carbonyl (C=O) groups excluding carboxylic acids is 1. The number of benzene rings is 1. The topological polar surface area (TPSA) is 46.5 Å². The zero-order valence-corrected chi connectivity index (χ0v) is 6.73. The number of ether oxygens (including phenoxy) is 1. The van der Waals surface area contributed by atoms with Gasteiger partial charge in [0, 0.05) is 7.11 Å². The van der Waals surface area contributed by atoms with Crippen molar-refractivity contribution in [3.63, 3.8) is 0 Å². The van der Waals surface area contributed by atoms with Crippen molar-refractivity contribution in [1.82, 2.24) is 0 Å². The number of aromatic hydroxyl groups is 1. The Morgan fingerprint density at radius 1 is 1.58 bits per heavy atom. The van der Waals surface area contributed by atoms with Gasteiger partial charge in [-0.25, -0.2) is 0 Å². The Labute approximate surface area is 70.6 Å². The van der Waals surface area contributed by atoms with Gasteiger partial charge in [0.1, 0.15) is 11.9 Å². The highest BCUT2D eigenvalue weighted by Gasteiger charge is 2.07. The highest BCUT2D eigenvalue weighted by molar-refractivity contribution is 5.60. The first-order valence-electron chi connectivity index (χ1n) is 3.55. The van der Waals surface area contributed by atoms with Gasteiger partial charge in [-0.05, 0) is 17.7 Å². The van der Waals surface area contributed by atoms with Crippen LogP contribution in [0, 0.1) is 0 Å². The fourth-order valence-corrected chi connectivity index (χ4v) is 0.972. The van der Waals surface area contributed by atoms with Crippen LogP contribution in [0.15, 0.2) is 24.3 Å². The minimum atomic E-state index is -0.586. The molecule has 0 spiro atoms. The van der Waals surface area contributed by atoms with Crippen LogP contribution < -0.4 is 0 Å². The van der Waals surface area contributed by atoms with Crippen molar-refractivity contribution in [3.8, 4) is 5.75 Å². The molecule has 0 aliphatic heterocycles. The van der Waals surface area contributed by atoms with E-state index in [2.05, 4.69) is 0 Å². The van der Waals surface area contributed by atoms with Crippen molar-refractivity contribution in [2.24, 2.45) is 0 Å². The summed E-state index contributed by atoms with van der Waals surface area (Å²) in [5.74, 6) is 0.136. The quantitative estimate of drug-likeness (QED) is 0.688. The normalized spacial score (nSPS) is 12.4. The van der Waals surface area contributed by atoms with Crippen LogP contribution in [0.5, 0.6) is 5.75 Å². The van der Waals surface area contributed by atoms with Crippen molar-refractivity contribution >= 4 is 6.29 Å². The van der Waals surface area contributed by atoms with Crippen LogP contribution in [0.2, 0.25) is 0 Å². The molecule has 0 fully saturated rings. The standard InChI is InChI=1S/C9H10O3/c1-12-9(6-10)7-3-2-4-8(11)5-7/h2-6,9,11H,1H3. The zero-order valence-electron chi connectivity index (χ0n) is 6.73. The molecule has 0 saturated carbocycles. The van der Waals surface area contributed by atoms with Gasteiger partial charge in [0.25, 0.3) is 0 Å². The Hall–Kier alpha value is -1.35. The van der Waals surface area contributed by atoms with E-state index in [1.54, 1.807) is 18.2 Å². The third-order valence-corrected chi connectivity index (χ3v) is 1.58. The molecule has 0 bridgehead atoms. The van der Waals surface area contributed by atoms with Gasteiger partial charge in [-0.2, -0.15) is 0 Å². The maximum Gasteiger partial charge on any atom is 0.153 e. The Bertz CT molecular complexity index is 270. The predicted molar refractivity (Wildman–Crippen MR) is 43.9 cm³/mol. The molecule has 0 amide bonds. The number of phenolic OH excluding ortho intramolecular Hbond substituents is 1. The fraction of sp³-hybridized carbons (Fsp3) is 0.222. The van der Waals surface area contributed by atoms with Crippen LogP contribution in [0.3, 0.4) is 0 Å². The summed E-state index contributed by atoms with van der Waals surface area (Å²) in [6, 6.07) is 6.44. The molecule has 1 N–H and O–H groups in total. The predicted octanol–water partition coefficient (Wildman–Crippen LogP) is 1.28. The highest BCUT2D eigenvalue weighted by atomic mass is 16.5. The first-order valence-corrected chi connectivity index (χ1v) is 3.55. The molecule has 0 aliphatic carbocycles. The Morgan fingerprint density at radius 2 is 2.33 bits per heavy atom. The average Bonchev–Trinajstić information content (AvgIpc) is 2.07. The molecular weight excluding hydrogens is 156 g/mol. The molecular formula is C9H10O3. The van der Waals surface area contributed by atoms with Crippen molar-refractivity contribution < 1.29 is 14.6 Å². The van der Waals surface area contributed by atoms with Gasteiger partial charge in [-0.1, -0.05) is 12.1 Å². The highest BCUT2D eigenvalue weighted by Crippen LogP contribution is 2.18. The van der Waals surface area contributed by atoms with E-state index in [4.69, 9.17) is 9.84 Å². The molecule has 1 rings (SSSR count). The zero-order chi connectivity index (χ0) is 8.97. The number of hydrogen-bond donors (Lipinski definition) is 1. The number of aldehydes is 1. The molecule has 0 radical (unpaired) electrons. The summed E-state index contributed by atoms with van der Waals surface area (Å²) >= 11 is 0. The summed E-state index contributed by atoms with van der Waals surface area (Å²) < 4.78 is 4.86. The smallest absolute Gasteiger partial charge is 0.153 e. The van der Waals surface area contributed by atoms with Crippen LogP contribution in [-0.4, -0.2) is 18.5 Å². The third-order valence-electron chi connectivity index (χ3n) is 1.58. The Kier molecular flexibility index (Phi) is 2.82. The lowest BCUT2D eigenvalue weighted by Gasteiger charge is -2.07. The van der Waals surface area contributed by atoms with Crippen LogP contribution in [0.4, 0.5) is 0 Å². The fourth-order valence-electron chi connectivity index (χ4n) is 0.972. The Balaban J connectivity index is 2.93. The lowest BCUT2D eigenvalue weighted by atomic mass is 10.1. The van der Waals surface area contributed by atoms with Gasteiger partial charge in [0.2, 0.25) is 0 Å². The monoisotopic (exact) mass is 166 g/mol. The molecule has 1 unspecified atom stereocenters. The van der Waals surface area contributed by atoms with Crippen LogP contribution in [-0.2, 0) is 9.53 Å². The molecule has 3 heteroatoms. The first-order chi connectivity index (χ1) is 5.77. The molecule has 0 saturated heterocycles. The second kappa shape index (κ2) is 3.88. The van der Waals surface area contributed by atoms with E-state index in [9.17, 15) is 4.79 Å². The summed E-state index contributed by atoms with van der Waals surface area (Å²) in [6.45, 7) is 0. The lowest BCUT2D eigenvalue weighted by molar-refractivity contribution is -0.116. The van der Waals surface area contributed by atoms with Crippen molar-refractivity contribution in [1.29, 1.82) is 0 Å². The van der Waals surface area contributed by atoms with E-state index < -0.39 is 6.10 Å². The maximum atomic E-state index is 10.4. The number of hydrogen-bond acceptors (Lipinski definition) is 3. The van der Waals surface area contributed by atoms with E-state index in [1.807, 2.05) is 0 Å². The van der Waals surface area contributed by atoms with Crippen molar-refractivity contribution in [2.45, 2.75) is 6.10 Å². The van der Waals surface area contributed by atoms with Gasteiger partial charge in [0.15, 0.2) is 6.29 Å². The third kappa shape index (κ3) is 1.83. The second-order valence-corrected chi connectivity index (χ2v) is 2.39. The molecule has 0 aromatic heterocycles. The van der Waals surface area contributed by atoms with Gasteiger partial charge < -0.3 is 14.6 Å². The van der Waals surface area contributed by atoms with Crippen LogP contribution >= 0.6 is 0 Å². The second-order valence-electron chi connectivity index (χ2n) is 2.39. The molecule has 1 atom stereocenters. The lowest BCUT2D eigenvalue weighted by Crippen LogP contribution is -2.01. The number of carbonyl (C=O) groups is 1. The minimum Gasteiger partial charge on any atom is -0.508 e. The van der Waals surface area contributed by atoms with Gasteiger partial charge in [-0.15, -0.1) is 0 Å². The summed E-state index contributed by atoms with van der Waals surface area (Å²) in [5, 5.41) is 9.08. The number of phenols is 1. The summed E-state index contributed by atoms with van der Waals surface area (Å²) in [4.78, 5) is 10.4. The van der Waals surface area contributed by atoms with Crippen molar-refractivity contribution in [2.75, 3.05) is 7.11 Å². The Morgan fingerprint density at radius 3 is 2.83 bits per heavy atom. The summed E-state index contributed by atoms with van der Waals surface area (Å²) in [5.41, 5.74) is 0.660. The van der Waals surface area contributed by atoms with E-state index in [1.165, 1.54) is 13.2 Å². The van der Waals surface area contributed by atoms with E-state index in [0.29, 0.717) is 11.8 Å². The summed E-state index contributed by atoms with van der Waals surface area (Å²) in [7, 11) is 1.45. The first kappa shape index (κ1) is 8.74. The summed E-state index contributed by atoms with van der Waals surface area (Å²) in [6.07, 6.45) is 0.103.